The van der Waals surface area contributed by atoms with Crippen molar-refractivity contribution in [3.63, 3.8) is 0 Å². The first-order valence-electron chi connectivity index (χ1n) is 6.95. The summed E-state index contributed by atoms with van der Waals surface area (Å²) in [7, 11) is -1.79. The zero-order valence-electron chi connectivity index (χ0n) is 11.5. The summed E-state index contributed by atoms with van der Waals surface area (Å²) in [5, 5.41) is 21.1. The lowest BCUT2D eigenvalue weighted by Gasteiger charge is -2.29. The van der Waals surface area contributed by atoms with Crippen LogP contribution in [0.1, 0.15) is 43.0 Å². The van der Waals surface area contributed by atoms with Crippen LogP contribution >= 0.6 is 0 Å². The van der Waals surface area contributed by atoms with Crippen LogP contribution in [0.2, 0.25) is 0 Å². The first-order chi connectivity index (χ1) is 9.47. The summed E-state index contributed by atoms with van der Waals surface area (Å²) in [4.78, 5) is 12.1. The minimum Gasteiger partial charge on any atom is -0.423 e. The second-order valence-corrected chi connectivity index (χ2v) is 5.49. The topological polar surface area (TPSA) is 69.6 Å². The third-order valence-electron chi connectivity index (χ3n) is 3.91. The van der Waals surface area contributed by atoms with Crippen molar-refractivity contribution >= 4 is 18.5 Å². The minimum absolute atomic E-state index is 0.0214. The van der Waals surface area contributed by atoms with Crippen molar-refractivity contribution in [2.45, 2.75) is 38.6 Å². The smallest absolute Gasteiger partial charge is 0.423 e. The molecule has 0 aromatic heterocycles. The first kappa shape index (κ1) is 15.0. The number of benzene rings is 1. The molecular weight excluding hydrogens is 260 g/mol. The maximum atomic E-state index is 13.4. The molecule has 1 aromatic rings. The van der Waals surface area contributed by atoms with Crippen molar-refractivity contribution in [2.75, 3.05) is 0 Å². The van der Waals surface area contributed by atoms with Crippen LogP contribution in [-0.4, -0.2) is 29.1 Å². The van der Waals surface area contributed by atoms with E-state index in [1.165, 1.54) is 12.5 Å². The van der Waals surface area contributed by atoms with Crippen LogP contribution in [0.4, 0.5) is 4.39 Å². The first-order valence-corrected chi connectivity index (χ1v) is 6.95. The van der Waals surface area contributed by atoms with Crippen LogP contribution in [0.25, 0.3) is 0 Å². The second-order valence-electron chi connectivity index (χ2n) is 5.49. The molecule has 1 aliphatic rings. The Bertz CT molecular complexity index is 495. The SMILES string of the molecule is CC1CCCCC1NC(=O)c1cc(F)cc(B(O)O)c1. The average molecular weight is 279 g/mol. The number of rotatable bonds is 3. The molecule has 1 fully saturated rings. The van der Waals surface area contributed by atoms with Crippen LogP contribution < -0.4 is 10.8 Å². The molecule has 2 unspecified atom stereocenters. The summed E-state index contributed by atoms with van der Waals surface area (Å²) in [5.74, 6) is -0.619. The number of hydrogen-bond donors (Lipinski definition) is 3. The van der Waals surface area contributed by atoms with Crippen LogP contribution in [-0.2, 0) is 0 Å². The van der Waals surface area contributed by atoms with E-state index in [9.17, 15) is 9.18 Å². The number of hydrogen-bond acceptors (Lipinski definition) is 3. The Balaban J connectivity index is 2.12. The number of halogens is 1. The number of amides is 1. The Morgan fingerprint density at radius 1 is 1.30 bits per heavy atom. The molecule has 1 amide bonds. The fraction of sp³-hybridized carbons (Fsp3) is 0.500. The number of carbonyl (C=O) groups is 1. The van der Waals surface area contributed by atoms with E-state index >= 15 is 0 Å². The zero-order valence-corrected chi connectivity index (χ0v) is 11.5. The minimum atomic E-state index is -1.79. The predicted octanol–water partition coefficient (Wildman–Crippen LogP) is 0.814. The molecule has 0 bridgehead atoms. The monoisotopic (exact) mass is 279 g/mol. The van der Waals surface area contributed by atoms with E-state index in [0.717, 1.165) is 31.4 Å². The second kappa shape index (κ2) is 6.37. The summed E-state index contributed by atoms with van der Waals surface area (Å²) in [6, 6.07) is 3.51. The van der Waals surface area contributed by atoms with Gasteiger partial charge in [0.25, 0.3) is 5.91 Å². The fourth-order valence-electron chi connectivity index (χ4n) is 2.67. The molecule has 2 rings (SSSR count). The largest absolute Gasteiger partial charge is 0.488 e. The van der Waals surface area contributed by atoms with Gasteiger partial charge in [0.05, 0.1) is 0 Å². The molecule has 108 valence electrons. The molecule has 3 N–H and O–H groups in total. The van der Waals surface area contributed by atoms with Crippen LogP contribution in [0.5, 0.6) is 0 Å². The molecule has 6 heteroatoms. The van der Waals surface area contributed by atoms with Crippen molar-refractivity contribution in [2.24, 2.45) is 5.92 Å². The fourth-order valence-corrected chi connectivity index (χ4v) is 2.67. The Hall–Kier alpha value is -1.40. The lowest BCUT2D eigenvalue weighted by molar-refractivity contribution is 0.0910. The van der Waals surface area contributed by atoms with Crippen LogP contribution in [0.15, 0.2) is 18.2 Å². The maximum Gasteiger partial charge on any atom is 0.488 e. The van der Waals surface area contributed by atoms with E-state index in [0.29, 0.717) is 5.92 Å². The highest BCUT2D eigenvalue weighted by Crippen LogP contribution is 2.24. The van der Waals surface area contributed by atoms with E-state index in [1.54, 1.807) is 0 Å². The molecule has 1 saturated carbocycles. The zero-order chi connectivity index (χ0) is 14.7. The Labute approximate surface area is 118 Å². The predicted molar refractivity (Wildman–Crippen MR) is 75.1 cm³/mol. The van der Waals surface area contributed by atoms with Crippen molar-refractivity contribution in [3.8, 4) is 0 Å². The molecule has 1 aliphatic carbocycles. The van der Waals surface area contributed by atoms with Gasteiger partial charge in [0.1, 0.15) is 5.82 Å². The number of carbonyl (C=O) groups excluding carboxylic acids is 1. The molecule has 20 heavy (non-hydrogen) atoms. The summed E-state index contributed by atoms with van der Waals surface area (Å²) in [5.41, 5.74) is 0.0951. The molecule has 1 aromatic carbocycles. The molecule has 0 aliphatic heterocycles. The lowest BCUT2D eigenvalue weighted by Crippen LogP contribution is -2.41. The van der Waals surface area contributed by atoms with Gasteiger partial charge in [-0.25, -0.2) is 4.39 Å². The third-order valence-corrected chi connectivity index (χ3v) is 3.91. The van der Waals surface area contributed by atoms with Crippen molar-refractivity contribution in [1.29, 1.82) is 0 Å². The summed E-state index contributed by atoms with van der Waals surface area (Å²) in [6.07, 6.45) is 4.26. The van der Waals surface area contributed by atoms with Crippen LogP contribution in [0.3, 0.4) is 0 Å². The molecule has 2 atom stereocenters. The van der Waals surface area contributed by atoms with E-state index < -0.39 is 12.9 Å². The molecule has 0 heterocycles. The summed E-state index contributed by atoms with van der Waals surface area (Å²) in [6.45, 7) is 2.10. The normalized spacial score (nSPS) is 22.4. The highest BCUT2D eigenvalue weighted by atomic mass is 19.1. The van der Waals surface area contributed by atoms with Gasteiger partial charge in [0.2, 0.25) is 0 Å². The Morgan fingerprint density at radius 2 is 2.00 bits per heavy atom. The van der Waals surface area contributed by atoms with Gasteiger partial charge in [-0.3, -0.25) is 4.79 Å². The average Bonchev–Trinajstić information content (AvgIpc) is 2.40. The van der Waals surface area contributed by atoms with Gasteiger partial charge in [-0.15, -0.1) is 0 Å². The molecule has 0 radical (unpaired) electrons. The van der Waals surface area contributed by atoms with E-state index in [-0.39, 0.29) is 23.0 Å². The third kappa shape index (κ3) is 3.58. The molecule has 0 saturated heterocycles. The highest BCUT2D eigenvalue weighted by Gasteiger charge is 2.24. The van der Waals surface area contributed by atoms with Gasteiger partial charge in [-0.1, -0.05) is 19.8 Å². The van der Waals surface area contributed by atoms with Crippen LogP contribution in [0, 0.1) is 11.7 Å². The van der Waals surface area contributed by atoms with Gasteiger partial charge in [-0.05, 0) is 42.4 Å². The van der Waals surface area contributed by atoms with E-state index in [1.807, 2.05) is 0 Å². The molecular formula is C14H19BFNO3. The van der Waals surface area contributed by atoms with Crippen molar-refractivity contribution < 1.29 is 19.2 Å². The van der Waals surface area contributed by atoms with Gasteiger partial charge >= 0.3 is 7.12 Å². The highest BCUT2D eigenvalue weighted by molar-refractivity contribution is 6.58. The Kier molecular flexibility index (Phi) is 4.78. The molecule has 0 spiro atoms. The van der Waals surface area contributed by atoms with Gasteiger partial charge in [0, 0.05) is 11.6 Å². The Morgan fingerprint density at radius 3 is 2.65 bits per heavy atom. The maximum absolute atomic E-state index is 13.4. The quantitative estimate of drug-likeness (QED) is 0.717. The molecule has 4 nitrogen and oxygen atoms in total. The van der Waals surface area contributed by atoms with E-state index in [2.05, 4.69) is 12.2 Å². The standard InChI is InChI=1S/C14H19BFNO3/c1-9-4-2-3-5-13(9)17-14(18)10-6-11(15(19)20)8-12(16)7-10/h6-9,13,19-20H,2-5H2,1H3,(H,17,18). The number of nitrogens with one attached hydrogen (secondary N) is 1. The van der Waals surface area contributed by atoms with Gasteiger partial charge in [0.15, 0.2) is 0 Å². The summed E-state index contributed by atoms with van der Waals surface area (Å²) >= 11 is 0. The summed E-state index contributed by atoms with van der Waals surface area (Å²) < 4.78 is 13.4. The van der Waals surface area contributed by atoms with Gasteiger partial charge < -0.3 is 15.4 Å². The van der Waals surface area contributed by atoms with Gasteiger partial charge in [-0.2, -0.15) is 0 Å². The van der Waals surface area contributed by atoms with Crippen molar-refractivity contribution in [1.82, 2.24) is 5.32 Å². The van der Waals surface area contributed by atoms with Crippen molar-refractivity contribution in [3.05, 3.63) is 29.6 Å². The van der Waals surface area contributed by atoms with E-state index in [4.69, 9.17) is 10.0 Å². The lowest BCUT2D eigenvalue weighted by atomic mass is 9.79.